The maximum absolute atomic E-state index is 12.4. The molecule has 0 bridgehead atoms. The molecule has 0 radical (unpaired) electrons. The highest BCUT2D eigenvalue weighted by Gasteiger charge is 2.15. The van der Waals surface area contributed by atoms with Crippen molar-refractivity contribution >= 4 is 44.5 Å². The molecule has 3 rings (SSSR count). The summed E-state index contributed by atoms with van der Waals surface area (Å²) < 4.78 is 6.21. The second-order valence-electron chi connectivity index (χ2n) is 4.29. The molecule has 2 aromatic carbocycles. The molecule has 0 fully saturated rings. The molecule has 0 saturated heterocycles. The van der Waals surface area contributed by atoms with Crippen molar-refractivity contribution in [1.29, 1.82) is 0 Å². The van der Waals surface area contributed by atoms with Gasteiger partial charge in [-0.3, -0.25) is 4.79 Å². The van der Waals surface area contributed by atoms with Crippen LogP contribution in [-0.4, -0.2) is 10.2 Å². The number of aryl methyl sites for hydroxylation is 1. The lowest BCUT2D eigenvalue weighted by molar-refractivity contribution is 0.469. The Morgan fingerprint density at radius 1 is 1.00 bits per heavy atom. The monoisotopic (exact) mass is 368 g/mol. The molecular weight excluding hydrogens is 359 g/mol. The molecule has 5 heteroatoms. The first kappa shape index (κ1) is 12.3. The van der Waals surface area contributed by atoms with Crippen LogP contribution in [-0.2, 0) is 0 Å². The molecule has 0 aliphatic carbocycles. The van der Waals surface area contributed by atoms with Crippen molar-refractivity contribution in [3.8, 4) is 11.5 Å². The fourth-order valence-corrected chi connectivity index (χ4v) is 2.64. The highest BCUT2D eigenvalue weighted by Crippen LogP contribution is 2.32. The molecule has 0 spiro atoms. The van der Waals surface area contributed by atoms with Gasteiger partial charge in [-0.1, -0.05) is 0 Å². The fourth-order valence-electron chi connectivity index (χ4n) is 2.06. The first-order valence-electron chi connectivity index (χ1n) is 5.57. The van der Waals surface area contributed by atoms with Gasteiger partial charge in [0.1, 0.15) is 17.1 Å². The number of rotatable bonds is 0. The van der Waals surface area contributed by atoms with Crippen molar-refractivity contribution in [2.75, 3.05) is 0 Å². The second kappa shape index (κ2) is 4.12. The van der Waals surface area contributed by atoms with Gasteiger partial charge in [-0.15, -0.1) is 0 Å². The third-order valence-corrected chi connectivity index (χ3v) is 4.19. The van der Waals surface area contributed by atoms with Gasteiger partial charge in [-0.2, -0.15) is 0 Å². The molecular formula is C14H9IO4. The van der Waals surface area contributed by atoms with E-state index in [-0.39, 0.29) is 16.9 Å². The van der Waals surface area contributed by atoms with E-state index in [4.69, 9.17) is 4.42 Å². The summed E-state index contributed by atoms with van der Waals surface area (Å²) in [7, 11) is 0. The molecule has 4 nitrogen and oxygen atoms in total. The minimum atomic E-state index is -0.169. The van der Waals surface area contributed by atoms with E-state index in [1.165, 1.54) is 12.1 Å². The summed E-state index contributed by atoms with van der Waals surface area (Å²) in [5, 5.41) is 20.2. The summed E-state index contributed by atoms with van der Waals surface area (Å²) in [6.07, 6.45) is 0. The van der Waals surface area contributed by atoms with E-state index in [2.05, 4.69) is 0 Å². The third kappa shape index (κ3) is 1.68. The zero-order valence-electron chi connectivity index (χ0n) is 9.90. The van der Waals surface area contributed by atoms with Crippen LogP contribution in [0.15, 0.2) is 33.5 Å². The van der Waals surface area contributed by atoms with Crippen LogP contribution in [0.5, 0.6) is 11.5 Å². The minimum Gasteiger partial charge on any atom is -0.508 e. The summed E-state index contributed by atoms with van der Waals surface area (Å²) >= 11 is 1.93. The minimum absolute atomic E-state index is 0.0633. The third-order valence-electron chi connectivity index (χ3n) is 3.15. The summed E-state index contributed by atoms with van der Waals surface area (Å²) in [5.41, 5.74) is 1.03. The van der Waals surface area contributed by atoms with E-state index in [1.807, 2.05) is 22.6 Å². The van der Waals surface area contributed by atoms with Crippen molar-refractivity contribution < 1.29 is 14.6 Å². The number of hydrogen-bond acceptors (Lipinski definition) is 4. The Morgan fingerprint density at radius 3 is 2.26 bits per heavy atom. The van der Waals surface area contributed by atoms with Crippen LogP contribution in [0.4, 0.5) is 0 Å². The Bertz CT molecular complexity index is 811. The van der Waals surface area contributed by atoms with Crippen LogP contribution in [0.25, 0.3) is 21.9 Å². The van der Waals surface area contributed by atoms with Gasteiger partial charge in [0.05, 0.1) is 14.3 Å². The SMILES string of the molecule is Cc1c(O)ccc2c(=O)c3ccc(O)c(I)c3oc12. The Kier molecular flexibility index (Phi) is 2.67. The van der Waals surface area contributed by atoms with Crippen molar-refractivity contribution in [2.24, 2.45) is 0 Å². The van der Waals surface area contributed by atoms with Crippen LogP contribution < -0.4 is 5.43 Å². The first-order valence-corrected chi connectivity index (χ1v) is 6.65. The van der Waals surface area contributed by atoms with E-state index >= 15 is 0 Å². The molecule has 3 aromatic rings. The van der Waals surface area contributed by atoms with Crippen LogP contribution in [0.1, 0.15) is 5.56 Å². The summed E-state index contributed by atoms with van der Waals surface area (Å²) in [6.45, 7) is 1.68. The molecule has 0 aliphatic heterocycles. The summed E-state index contributed by atoms with van der Waals surface area (Å²) in [5.74, 6) is 0.138. The Labute approximate surface area is 121 Å². The zero-order chi connectivity index (χ0) is 13.7. The van der Waals surface area contributed by atoms with Gasteiger partial charge in [0.25, 0.3) is 0 Å². The summed E-state index contributed by atoms with van der Waals surface area (Å²) in [4.78, 5) is 12.4. The molecule has 0 atom stereocenters. The Hall–Kier alpha value is -1.76. The van der Waals surface area contributed by atoms with Gasteiger partial charge in [0, 0.05) is 5.56 Å². The lowest BCUT2D eigenvalue weighted by Crippen LogP contribution is -2.03. The zero-order valence-corrected chi connectivity index (χ0v) is 12.1. The van der Waals surface area contributed by atoms with Gasteiger partial charge < -0.3 is 14.6 Å². The van der Waals surface area contributed by atoms with Crippen molar-refractivity contribution in [3.63, 3.8) is 0 Å². The molecule has 19 heavy (non-hydrogen) atoms. The number of phenols is 2. The lowest BCUT2D eigenvalue weighted by atomic mass is 10.1. The van der Waals surface area contributed by atoms with Gasteiger partial charge in [-0.05, 0) is 53.8 Å². The number of aromatic hydroxyl groups is 2. The molecule has 0 aliphatic rings. The number of fused-ring (bicyclic) bond motifs is 2. The van der Waals surface area contributed by atoms with Crippen LogP contribution in [0.3, 0.4) is 0 Å². The fraction of sp³-hybridized carbons (Fsp3) is 0.0714. The van der Waals surface area contributed by atoms with Crippen LogP contribution in [0, 0.1) is 10.5 Å². The molecule has 96 valence electrons. The second-order valence-corrected chi connectivity index (χ2v) is 5.37. The van der Waals surface area contributed by atoms with E-state index in [1.54, 1.807) is 19.1 Å². The van der Waals surface area contributed by atoms with Gasteiger partial charge in [-0.25, -0.2) is 0 Å². The predicted octanol–water partition coefficient (Wildman–Crippen LogP) is 3.27. The molecule has 0 saturated carbocycles. The standard InChI is InChI=1S/C14H9IO4/c1-6-9(16)4-2-7-12(18)8-3-5-10(17)11(15)14(8)19-13(6)7/h2-5,16-17H,1H3. The van der Waals surface area contributed by atoms with E-state index in [0.717, 1.165) is 0 Å². The molecule has 2 N–H and O–H groups in total. The predicted molar refractivity (Wildman–Crippen MR) is 80.8 cm³/mol. The highest BCUT2D eigenvalue weighted by molar-refractivity contribution is 14.1. The van der Waals surface area contributed by atoms with Crippen LogP contribution >= 0.6 is 22.6 Å². The number of phenolic OH excluding ortho intramolecular Hbond substituents is 2. The first-order chi connectivity index (χ1) is 9.00. The van der Waals surface area contributed by atoms with Crippen molar-refractivity contribution in [1.82, 2.24) is 0 Å². The number of benzene rings is 2. The van der Waals surface area contributed by atoms with E-state index in [9.17, 15) is 15.0 Å². The smallest absolute Gasteiger partial charge is 0.200 e. The number of hydrogen-bond donors (Lipinski definition) is 2. The van der Waals surface area contributed by atoms with Crippen molar-refractivity contribution in [3.05, 3.63) is 43.6 Å². The normalized spacial score (nSPS) is 11.3. The maximum Gasteiger partial charge on any atom is 0.200 e. The van der Waals surface area contributed by atoms with Crippen molar-refractivity contribution in [2.45, 2.75) is 6.92 Å². The Balaban J connectivity index is 2.65. The van der Waals surface area contributed by atoms with Crippen LogP contribution in [0.2, 0.25) is 0 Å². The van der Waals surface area contributed by atoms with E-state index < -0.39 is 0 Å². The average Bonchev–Trinajstić information content (AvgIpc) is 2.39. The average molecular weight is 368 g/mol. The molecule has 0 amide bonds. The Morgan fingerprint density at radius 2 is 1.58 bits per heavy atom. The topological polar surface area (TPSA) is 70.7 Å². The largest absolute Gasteiger partial charge is 0.508 e. The summed E-state index contributed by atoms with van der Waals surface area (Å²) in [6, 6.07) is 6.04. The maximum atomic E-state index is 12.4. The number of halogens is 1. The highest BCUT2D eigenvalue weighted by atomic mass is 127. The van der Waals surface area contributed by atoms with Gasteiger partial charge in [0.2, 0.25) is 5.43 Å². The quantitative estimate of drug-likeness (QED) is 0.472. The van der Waals surface area contributed by atoms with Gasteiger partial charge in [0.15, 0.2) is 5.58 Å². The van der Waals surface area contributed by atoms with Gasteiger partial charge >= 0.3 is 0 Å². The lowest BCUT2D eigenvalue weighted by Gasteiger charge is -2.07. The molecule has 1 aromatic heterocycles. The molecule has 0 unspecified atom stereocenters. The van der Waals surface area contributed by atoms with E-state index in [0.29, 0.717) is 31.1 Å². The molecule has 1 heterocycles.